The number of carbonyl (C=O) groups excluding carboxylic acids is 2. The molecular weight excluding hydrogens is 300 g/mol. The Morgan fingerprint density at radius 2 is 1.75 bits per heavy atom. The van der Waals surface area contributed by atoms with Crippen molar-refractivity contribution in [2.75, 3.05) is 0 Å². The van der Waals surface area contributed by atoms with Crippen molar-refractivity contribution in [1.29, 1.82) is 0 Å². The van der Waals surface area contributed by atoms with Crippen molar-refractivity contribution >= 4 is 11.8 Å². The molecule has 1 saturated carbocycles. The Morgan fingerprint density at radius 1 is 1.08 bits per heavy atom. The molecule has 0 spiro atoms. The first-order valence-corrected chi connectivity index (χ1v) is 8.46. The molecule has 2 aromatic rings. The van der Waals surface area contributed by atoms with Crippen molar-refractivity contribution in [2.45, 2.75) is 32.1 Å². The minimum absolute atomic E-state index is 0.000755. The number of hydrogen-bond donors (Lipinski definition) is 0. The molecule has 3 nitrogen and oxygen atoms in total. The van der Waals surface area contributed by atoms with Crippen LogP contribution in [0.3, 0.4) is 0 Å². The maximum atomic E-state index is 13.0. The first-order valence-electron chi connectivity index (χ1n) is 8.46. The predicted molar refractivity (Wildman–Crippen MR) is 90.9 cm³/mol. The van der Waals surface area contributed by atoms with Crippen LogP contribution in [0, 0.1) is 11.3 Å². The molecule has 4 rings (SSSR count). The fourth-order valence-electron chi connectivity index (χ4n) is 4.37. The summed E-state index contributed by atoms with van der Waals surface area (Å²) >= 11 is 0. The van der Waals surface area contributed by atoms with Gasteiger partial charge in [-0.15, -0.1) is 0 Å². The summed E-state index contributed by atoms with van der Waals surface area (Å²) < 4.78 is 5.56. The van der Waals surface area contributed by atoms with Crippen LogP contribution in [0.4, 0.5) is 0 Å². The third kappa shape index (κ3) is 1.90. The van der Waals surface area contributed by atoms with Crippen LogP contribution in [0.5, 0.6) is 5.75 Å². The highest BCUT2D eigenvalue weighted by atomic mass is 16.5. The highest BCUT2D eigenvalue weighted by Gasteiger charge is 2.67. The van der Waals surface area contributed by atoms with Gasteiger partial charge in [-0.25, -0.2) is 0 Å². The van der Waals surface area contributed by atoms with Crippen molar-refractivity contribution < 1.29 is 14.3 Å². The maximum absolute atomic E-state index is 13.0. The molecule has 3 heteroatoms. The zero-order chi connectivity index (χ0) is 16.9. The molecule has 0 radical (unpaired) electrons. The van der Waals surface area contributed by atoms with E-state index in [4.69, 9.17) is 4.74 Å². The van der Waals surface area contributed by atoms with Crippen LogP contribution in [-0.2, 0) is 9.59 Å². The summed E-state index contributed by atoms with van der Waals surface area (Å²) in [5, 5.41) is 0. The summed E-state index contributed by atoms with van der Waals surface area (Å²) in [7, 11) is 0. The number of benzene rings is 2. The Balaban J connectivity index is 1.86. The number of rotatable bonds is 3. The van der Waals surface area contributed by atoms with Gasteiger partial charge in [-0.05, 0) is 24.0 Å². The average molecular weight is 320 g/mol. The molecule has 0 saturated heterocycles. The van der Waals surface area contributed by atoms with E-state index in [0.717, 1.165) is 5.56 Å². The molecule has 0 aromatic heterocycles. The van der Waals surface area contributed by atoms with Crippen LogP contribution >= 0.6 is 0 Å². The van der Waals surface area contributed by atoms with Crippen LogP contribution in [0.1, 0.15) is 43.2 Å². The second-order valence-corrected chi connectivity index (χ2v) is 7.12. The molecule has 1 aliphatic carbocycles. The van der Waals surface area contributed by atoms with Gasteiger partial charge in [0.2, 0.25) is 0 Å². The Morgan fingerprint density at radius 3 is 2.46 bits per heavy atom. The number of fused-ring (bicyclic) bond motifs is 3. The summed E-state index contributed by atoms with van der Waals surface area (Å²) in [5.41, 5.74) is 1.13. The second kappa shape index (κ2) is 5.30. The van der Waals surface area contributed by atoms with E-state index in [1.165, 1.54) is 5.56 Å². The molecule has 1 aliphatic heterocycles. The maximum Gasteiger partial charge on any atom is 0.325 e. The molecule has 2 aromatic carbocycles. The summed E-state index contributed by atoms with van der Waals surface area (Å²) in [6, 6.07) is 17.8. The van der Waals surface area contributed by atoms with Gasteiger partial charge in [-0.1, -0.05) is 62.4 Å². The summed E-state index contributed by atoms with van der Waals surface area (Å²) in [4.78, 5) is 25.8. The molecule has 0 N–H and O–H groups in total. The molecule has 122 valence electrons. The van der Waals surface area contributed by atoms with E-state index in [1.807, 2.05) is 56.3 Å². The van der Waals surface area contributed by atoms with Gasteiger partial charge in [0.15, 0.2) is 5.78 Å². The van der Waals surface area contributed by atoms with Crippen LogP contribution in [0.25, 0.3) is 0 Å². The van der Waals surface area contributed by atoms with Gasteiger partial charge in [0, 0.05) is 17.4 Å². The van der Waals surface area contributed by atoms with Crippen molar-refractivity contribution in [2.24, 2.45) is 11.3 Å². The van der Waals surface area contributed by atoms with Gasteiger partial charge >= 0.3 is 5.97 Å². The lowest BCUT2D eigenvalue weighted by Crippen LogP contribution is -2.60. The van der Waals surface area contributed by atoms with Crippen LogP contribution < -0.4 is 4.74 Å². The zero-order valence-corrected chi connectivity index (χ0v) is 13.9. The molecule has 0 amide bonds. The number of ketones is 1. The Kier molecular flexibility index (Phi) is 3.34. The molecule has 1 fully saturated rings. The van der Waals surface area contributed by atoms with E-state index < -0.39 is 5.41 Å². The van der Waals surface area contributed by atoms with E-state index in [-0.39, 0.29) is 29.5 Å². The third-order valence-corrected chi connectivity index (χ3v) is 5.49. The van der Waals surface area contributed by atoms with E-state index >= 15 is 0 Å². The van der Waals surface area contributed by atoms with Crippen molar-refractivity contribution in [3.05, 3.63) is 65.7 Å². The van der Waals surface area contributed by atoms with Crippen molar-refractivity contribution in [3.63, 3.8) is 0 Å². The Labute approximate surface area is 141 Å². The van der Waals surface area contributed by atoms with Crippen LogP contribution in [-0.4, -0.2) is 11.8 Å². The lowest BCUT2D eigenvalue weighted by molar-refractivity contribution is -0.167. The number of Topliss-reactive ketones (excluding diaryl/α,β-unsaturated/α-hetero) is 1. The summed E-state index contributed by atoms with van der Waals surface area (Å²) in [6.45, 7) is 3.72. The van der Waals surface area contributed by atoms with Gasteiger partial charge in [0.25, 0.3) is 0 Å². The Hall–Kier alpha value is -2.42. The van der Waals surface area contributed by atoms with Gasteiger partial charge in [-0.3, -0.25) is 9.59 Å². The lowest BCUT2D eigenvalue weighted by atomic mass is 9.46. The fraction of sp³-hybridized carbons (Fsp3) is 0.333. The molecule has 2 aliphatic rings. The number of ether oxygens (including phenoxy) is 1. The van der Waals surface area contributed by atoms with Crippen molar-refractivity contribution in [1.82, 2.24) is 0 Å². The zero-order valence-electron chi connectivity index (χ0n) is 13.9. The molecule has 0 bridgehead atoms. The first kappa shape index (κ1) is 15.1. The normalized spacial score (nSPS) is 27.7. The molecular formula is C21H20O3. The Bertz CT molecular complexity index is 809. The molecule has 1 heterocycles. The summed E-state index contributed by atoms with van der Waals surface area (Å²) in [5.74, 6) is 0.0637. The van der Waals surface area contributed by atoms with Crippen LogP contribution in [0.15, 0.2) is 54.6 Å². The van der Waals surface area contributed by atoms with Gasteiger partial charge in [0.1, 0.15) is 11.2 Å². The molecule has 0 unspecified atom stereocenters. The monoisotopic (exact) mass is 320 g/mol. The highest BCUT2D eigenvalue weighted by Crippen LogP contribution is 2.66. The van der Waals surface area contributed by atoms with Crippen molar-refractivity contribution in [3.8, 4) is 5.75 Å². The largest absolute Gasteiger partial charge is 0.425 e. The molecule has 3 atom stereocenters. The smallest absolute Gasteiger partial charge is 0.325 e. The van der Waals surface area contributed by atoms with Gasteiger partial charge in [0.05, 0.1) is 0 Å². The summed E-state index contributed by atoms with van der Waals surface area (Å²) in [6.07, 6.45) is 0.534. The quantitative estimate of drug-likeness (QED) is 0.486. The standard InChI is InChI=1S/C21H20O3/c1-13(2)19(22)21-12-16(14-8-4-3-5-9-14)18(21)15-10-6-7-11-17(15)24-20(21)23/h3-11,13,16,18H,12H2,1-2H3/t16-,18+,21-/m1/s1. The van der Waals surface area contributed by atoms with E-state index in [9.17, 15) is 9.59 Å². The van der Waals surface area contributed by atoms with Crippen LogP contribution in [0.2, 0.25) is 0 Å². The van der Waals surface area contributed by atoms with E-state index in [2.05, 4.69) is 12.1 Å². The first-order chi connectivity index (χ1) is 11.6. The SMILES string of the molecule is CC(C)C(=O)[C@@]12C[C@H](c3ccccc3)[C@@H]1c1ccccc1OC2=O. The van der Waals surface area contributed by atoms with Gasteiger partial charge in [-0.2, -0.15) is 0 Å². The number of carbonyl (C=O) groups is 2. The van der Waals surface area contributed by atoms with Gasteiger partial charge < -0.3 is 4.74 Å². The van der Waals surface area contributed by atoms with E-state index in [0.29, 0.717) is 12.2 Å². The molecule has 24 heavy (non-hydrogen) atoms. The van der Waals surface area contributed by atoms with E-state index in [1.54, 1.807) is 0 Å². The minimum atomic E-state index is -1.02. The number of para-hydroxylation sites is 1. The number of hydrogen-bond acceptors (Lipinski definition) is 3. The minimum Gasteiger partial charge on any atom is -0.425 e. The number of esters is 1. The lowest BCUT2D eigenvalue weighted by Gasteiger charge is -2.55. The third-order valence-electron chi connectivity index (χ3n) is 5.49. The topological polar surface area (TPSA) is 43.4 Å². The highest BCUT2D eigenvalue weighted by molar-refractivity contribution is 6.09. The average Bonchev–Trinajstić information content (AvgIpc) is 2.56. The predicted octanol–water partition coefficient (Wildman–Crippen LogP) is 4.09. The fourth-order valence-corrected chi connectivity index (χ4v) is 4.37. The second-order valence-electron chi connectivity index (χ2n) is 7.12.